The predicted molar refractivity (Wildman–Crippen MR) is 170 cm³/mol. The SMILES string of the molecule is c1ccc(-c2nc(-c3ccccc3)nc(-n3c4ccccc4c4c5c6ccccc6oc5c5ccccc5c43)n2)cc1. The van der Waals surface area contributed by atoms with Gasteiger partial charge in [0, 0.05) is 43.4 Å². The van der Waals surface area contributed by atoms with Crippen LogP contribution in [0.5, 0.6) is 0 Å². The Morgan fingerprint density at radius 2 is 1.00 bits per heavy atom. The van der Waals surface area contributed by atoms with Gasteiger partial charge in [-0.2, -0.15) is 9.97 Å². The van der Waals surface area contributed by atoms with Crippen LogP contribution in [0.25, 0.3) is 83.2 Å². The Morgan fingerprint density at radius 1 is 0.452 bits per heavy atom. The summed E-state index contributed by atoms with van der Waals surface area (Å²) >= 11 is 0. The van der Waals surface area contributed by atoms with Crippen molar-refractivity contribution in [2.24, 2.45) is 0 Å². The topological polar surface area (TPSA) is 56.7 Å². The molecule has 0 N–H and O–H groups in total. The van der Waals surface area contributed by atoms with Gasteiger partial charge in [0.2, 0.25) is 5.95 Å². The maximum atomic E-state index is 6.54. The Kier molecular flexibility index (Phi) is 4.83. The second-order valence-electron chi connectivity index (χ2n) is 10.4. The monoisotopic (exact) mass is 538 g/mol. The maximum absolute atomic E-state index is 6.54. The van der Waals surface area contributed by atoms with Gasteiger partial charge in [0.15, 0.2) is 11.6 Å². The van der Waals surface area contributed by atoms with E-state index in [1.807, 2.05) is 72.8 Å². The molecule has 0 aliphatic carbocycles. The summed E-state index contributed by atoms with van der Waals surface area (Å²) in [5.41, 5.74) is 5.72. The van der Waals surface area contributed by atoms with Crippen LogP contribution in [-0.4, -0.2) is 19.5 Å². The molecule has 42 heavy (non-hydrogen) atoms. The molecule has 0 aliphatic rings. The minimum absolute atomic E-state index is 0.575. The van der Waals surface area contributed by atoms with Crippen molar-refractivity contribution in [3.05, 3.63) is 133 Å². The summed E-state index contributed by atoms with van der Waals surface area (Å²) in [4.78, 5) is 15.2. The lowest BCUT2D eigenvalue weighted by atomic mass is 9.99. The van der Waals surface area contributed by atoms with Gasteiger partial charge >= 0.3 is 0 Å². The van der Waals surface area contributed by atoms with Gasteiger partial charge in [-0.15, -0.1) is 0 Å². The third kappa shape index (κ3) is 3.28. The minimum Gasteiger partial charge on any atom is -0.455 e. The van der Waals surface area contributed by atoms with Crippen LogP contribution < -0.4 is 0 Å². The number of hydrogen-bond acceptors (Lipinski definition) is 4. The van der Waals surface area contributed by atoms with Gasteiger partial charge in [-0.3, -0.25) is 4.57 Å². The molecule has 0 fully saturated rings. The first-order valence-corrected chi connectivity index (χ1v) is 14.0. The molecule has 0 aliphatic heterocycles. The molecule has 0 saturated heterocycles. The molecule has 5 nitrogen and oxygen atoms in total. The summed E-state index contributed by atoms with van der Waals surface area (Å²) in [5.74, 6) is 1.83. The molecular weight excluding hydrogens is 516 g/mol. The van der Waals surface area contributed by atoms with Crippen molar-refractivity contribution < 1.29 is 4.42 Å². The third-order valence-electron chi connectivity index (χ3n) is 8.03. The standard InChI is InChI=1S/C37H22N4O/c1-3-13-23(14-4-1)35-38-36(24-15-5-2-6-16-24)40-37(39-35)41-29-21-11-9-19-27(29)31-32-28-20-10-12-22-30(28)42-34(32)26-18-8-7-17-25(26)33(31)41/h1-22H. The lowest BCUT2D eigenvalue weighted by molar-refractivity contribution is 0.673. The Hall–Kier alpha value is -5.81. The van der Waals surface area contributed by atoms with E-state index in [1.54, 1.807) is 0 Å². The third-order valence-corrected chi connectivity index (χ3v) is 8.03. The van der Waals surface area contributed by atoms with Crippen LogP contribution >= 0.6 is 0 Å². The minimum atomic E-state index is 0.575. The molecule has 0 bridgehead atoms. The zero-order valence-electron chi connectivity index (χ0n) is 22.4. The summed E-state index contributed by atoms with van der Waals surface area (Å²) in [6.07, 6.45) is 0. The van der Waals surface area contributed by atoms with E-state index in [0.29, 0.717) is 17.6 Å². The smallest absolute Gasteiger partial charge is 0.238 e. The maximum Gasteiger partial charge on any atom is 0.238 e. The molecule has 0 saturated carbocycles. The Bertz CT molecular complexity index is 2400. The van der Waals surface area contributed by atoms with Crippen LogP contribution in [0, 0.1) is 0 Å². The van der Waals surface area contributed by atoms with Crippen molar-refractivity contribution in [2.45, 2.75) is 0 Å². The molecule has 3 aromatic heterocycles. The largest absolute Gasteiger partial charge is 0.455 e. The van der Waals surface area contributed by atoms with Crippen molar-refractivity contribution in [3.8, 4) is 28.7 Å². The number of rotatable bonds is 3. The van der Waals surface area contributed by atoms with Gasteiger partial charge < -0.3 is 4.42 Å². The van der Waals surface area contributed by atoms with Crippen LogP contribution in [0.15, 0.2) is 138 Å². The normalized spacial score (nSPS) is 11.8. The van der Waals surface area contributed by atoms with E-state index in [1.165, 1.54) is 0 Å². The highest BCUT2D eigenvalue weighted by Crippen LogP contribution is 2.45. The van der Waals surface area contributed by atoms with E-state index < -0.39 is 0 Å². The highest BCUT2D eigenvalue weighted by atomic mass is 16.3. The molecule has 5 heteroatoms. The number of para-hydroxylation sites is 2. The van der Waals surface area contributed by atoms with E-state index in [2.05, 4.69) is 65.2 Å². The molecule has 6 aromatic carbocycles. The second kappa shape index (κ2) is 8.85. The molecule has 0 amide bonds. The van der Waals surface area contributed by atoms with Gasteiger partial charge in [0.25, 0.3) is 0 Å². The van der Waals surface area contributed by atoms with Crippen molar-refractivity contribution >= 4 is 54.5 Å². The van der Waals surface area contributed by atoms with E-state index in [-0.39, 0.29) is 0 Å². The fraction of sp³-hybridized carbons (Fsp3) is 0. The molecule has 0 radical (unpaired) electrons. The lowest BCUT2D eigenvalue weighted by Crippen LogP contribution is -2.06. The lowest BCUT2D eigenvalue weighted by Gasteiger charge is -2.12. The van der Waals surface area contributed by atoms with Gasteiger partial charge in [0.1, 0.15) is 11.2 Å². The van der Waals surface area contributed by atoms with Crippen molar-refractivity contribution in [1.82, 2.24) is 19.5 Å². The Morgan fingerprint density at radius 3 is 1.69 bits per heavy atom. The quantitative estimate of drug-likeness (QED) is 0.225. The van der Waals surface area contributed by atoms with Crippen LogP contribution in [0.2, 0.25) is 0 Å². The van der Waals surface area contributed by atoms with Gasteiger partial charge in [-0.1, -0.05) is 121 Å². The predicted octanol–water partition coefficient (Wildman–Crippen LogP) is 9.36. The first-order valence-electron chi connectivity index (χ1n) is 14.0. The van der Waals surface area contributed by atoms with E-state index in [0.717, 1.165) is 65.6 Å². The molecule has 0 atom stereocenters. The van der Waals surface area contributed by atoms with Crippen molar-refractivity contribution in [1.29, 1.82) is 0 Å². The number of benzene rings is 6. The van der Waals surface area contributed by atoms with Crippen molar-refractivity contribution in [2.75, 3.05) is 0 Å². The van der Waals surface area contributed by atoms with Crippen LogP contribution in [0.4, 0.5) is 0 Å². The van der Waals surface area contributed by atoms with E-state index in [4.69, 9.17) is 19.4 Å². The molecular formula is C37H22N4O. The average molecular weight is 539 g/mol. The molecule has 9 rings (SSSR count). The summed E-state index contributed by atoms with van der Waals surface area (Å²) in [6.45, 7) is 0. The zero-order chi connectivity index (χ0) is 27.6. The molecule has 196 valence electrons. The summed E-state index contributed by atoms with van der Waals surface area (Å²) in [5, 5.41) is 6.59. The van der Waals surface area contributed by atoms with Crippen LogP contribution in [0.1, 0.15) is 0 Å². The first-order chi connectivity index (χ1) is 20.8. The Balaban J connectivity index is 1.50. The van der Waals surface area contributed by atoms with Gasteiger partial charge in [-0.05, 0) is 12.1 Å². The number of hydrogen-bond donors (Lipinski definition) is 0. The van der Waals surface area contributed by atoms with Gasteiger partial charge in [0.05, 0.1) is 11.0 Å². The Labute approximate surface area is 240 Å². The summed E-state index contributed by atoms with van der Waals surface area (Å²) in [7, 11) is 0. The fourth-order valence-corrected chi connectivity index (χ4v) is 6.22. The van der Waals surface area contributed by atoms with Gasteiger partial charge in [-0.25, -0.2) is 4.98 Å². The molecule has 0 unspecified atom stereocenters. The van der Waals surface area contributed by atoms with Crippen molar-refractivity contribution in [3.63, 3.8) is 0 Å². The number of fused-ring (bicyclic) bond motifs is 10. The zero-order valence-corrected chi connectivity index (χ0v) is 22.4. The van der Waals surface area contributed by atoms with Crippen LogP contribution in [0.3, 0.4) is 0 Å². The fourth-order valence-electron chi connectivity index (χ4n) is 6.22. The highest BCUT2D eigenvalue weighted by molar-refractivity contribution is 6.35. The molecule has 3 heterocycles. The molecule has 9 aromatic rings. The summed E-state index contributed by atoms with van der Waals surface area (Å²) in [6, 6.07) is 45.4. The van der Waals surface area contributed by atoms with E-state index in [9.17, 15) is 0 Å². The first kappa shape index (κ1) is 22.9. The number of aromatic nitrogens is 4. The van der Waals surface area contributed by atoms with E-state index >= 15 is 0 Å². The summed E-state index contributed by atoms with van der Waals surface area (Å²) < 4.78 is 8.74. The highest BCUT2D eigenvalue weighted by Gasteiger charge is 2.24. The van der Waals surface area contributed by atoms with Crippen LogP contribution in [-0.2, 0) is 0 Å². The molecule has 0 spiro atoms. The second-order valence-corrected chi connectivity index (χ2v) is 10.4. The number of nitrogens with zero attached hydrogens (tertiary/aromatic N) is 4. The average Bonchev–Trinajstić information content (AvgIpc) is 3.62. The number of furan rings is 1.